The van der Waals surface area contributed by atoms with Crippen molar-refractivity contribution in [2.75, 3.05) is 16.1 Å². The maximum absolute atomic E-state index is 13.7. The lowest BCUT2D eigenvalue weighted by Gasteiger charge is -2.22. The Hall–Kier alpha value is -3.45. The summed E-state index contributed by atoms with van der Waals surface area (Å²) in [6, 6.07) is 21.5. The molecule has 35 heavy (non-hydrogen) atoms. The fourth-order valence-electron chi connectivity index (χ4n) is 3.24. The van der Waals surface area contributed by atoms with Gasteiger partial charge in [-0.25, -0.2) is 17.7 Å². The molecule has 182 valence electrons. The number of methoxy groups -OCH3 is 1. The first-order chi connectivity index (χ1) is 16.7. The first kappa shape index (κ1) is 24.7. The van der Waals surface area contributed by atoms with Gasteiger partial charge < -0.3 is 4.74 Å². The summed E-state index contributed by atoms with van der Waals surface area (Å²) < 4.78 is 66.7. The Labute approximate surface area is 207 Å². The maximum Gasteiger partial charge on any atom is 0.357 e. The lowest BCUT2D eigenvalue weighted by molar-refractivity contribution is 0.414. The molecule has 0 bridgehead atoms. The van der Waals surface area contributed by atoms with E-state index < -0.39 is 20.3 Å². The lowest BCUT2D eigenvalue weighted by atomic mass is 10.2. The van der Waals surface area contributed by atoms with Gasteiger partial charge in [0.2, 0.25) is 0 Å². The summed E-state index contributed by atoms with van der Waals surface area (Å²) >= 11 is 1.20. The van der Waals surface area contributed by atoms with Gasteiger partial charge in [0.1, 0.15) is 5.75 Å². The molecule has 4 aromatic rings. The van der Waals surface area contributed by atoms with Crippen molar-refractivity contribution in [3.63, 3.8) is 0 Å². The summed E-state index contributed by atoms with van der Waals surface area (Å²) in [7, 11) is -6.93. The summed E-state index contributed by atoms with van der Waals surface area (Å²) in [5, 5.41) is 2.07. The third-order valence-corrected chi connectivity index (χ3v) is 8.17. The molecule has 0 aliphatic heterocycles. The molecule has 3 aromatic carbocycles. The Bertz CT molecular complexity index is 1500. The molecule has 1 aromatic heterocycles. The van der Waals surface area contributed by atoms with Crippen molar-refractivity contribution < 1.29 is 26.1 Å². The number of ether oxygens (including phenoxy) is 1. The number of rotatable bonds is 9. The molecule has 0 saturated carbocycles. The van der Waals surface area contributed by atoms with E-state index in [2.05, 4.69) is 4.98 Å². The first-order valence-corrected chi connectivity index (χ1v) is 13.9. The van der Waals surface area contributed by atoms with Gasteiger partial charge in [0, 0.05) is 10.9 Å². The normalized spacial score (nSPS) is 11.7. The van der Waals surface area contributed by atoms with E-state index in [1.165, 1.54) is 47.0 Å². The van der Waals surface area contributed by atoms with Crippen LogP contribution in [0.2, 0.25) is 0 Å². The fraction of sp³-hybridized carbons (Fsp3) is 0.0870. The van der Waals surface area contributed by atoms with E-state index in [-0.39, 0.29) is 22.3 Å². The Kier molecular flexibility index (Phi) is 7.08. The molecule has 0 amide bonds. The minimum absolute atomic E-state index is 0.0533. The van der Waals surface area contributed by atoms with Crippen molar-refractivity contribution in [3.05, 3.63) is 89.8 Å². The molecule has 0 saturated heterocycles. The highest BCUT2D eigenvalue weighted by atomic mass is 32.2. The van der Waals surface area contributed by atoms with Crippen molar-refractivity contribution in [1.29, 1.82) is 0 Å². The van der Waals surface area contributed by atoms with Crippen LogP contribution in [-0.2, 0) is 26.9 Å². The smallest absolute Gasteiger partial charge is 0.357 e. The van der Waals surface area contributed by atoms with E-state index >= 15 is 0 Å². The zero-order chi connectivity index (χ0) is 25.1. The Morgan fingerprint density at radius 2 is 1.60 bits per heavy atom. The van der Waals surface area contributed by atoms with Crippen LogP contribution < -0.4 is 13.8 Å². The zero-order valence-corrected chi connectivity index (χ0v) is 20.8. The summed E-state index contributed by atoms with van der Waals surface area (Å²) in [6.07, 6.45) is 0. The standard InChI is InChI=1S/C23H21N3O6S3/c1-32-20-11-13-21(14-12-20)34(27,28)26(15-17-7-9-19(10-8-17)25-35(29,30)31)23-24-22(16-33-23)18-5-3-2-4-6-18/h2-14,16,25H,15H2,1H3,(H,29,30,31). The molecular formula is C23H21N3O6S3. The van der Waals surface area contributed by atoms with Gasteiger partial charge in [0.25, 0.3) is 10.0 Å². The molecule has 0 spiro atoms. The van der Waals surface area contributed by atoms with Gasteiger partial charge >= 0.3 is 10.3 Å². The topological polar surface area (TPSA) is 126 Å². The molecule has 0 fully saturated rings. The number of hydrogen-bond acceptors (Lipinski definition) is 7. The maximum atomic E-state index is 13.7. The predicted octanol–water partition coefficient (Wildman–Crippen LogP) is 4.43. The average molecular weight is 532 g/mol. The highest BCUT2D eigenvalue weighted by Crippen LogP contribution is 2.33. The number of anilines is 2. The van der Waals surface area contributed by atoms with Gasteiger partial charge in [-0.1, -0.05) is 42.5 Å². The Balaban J connectivity index is 1.71. The first-order valence-electron chi connectivity index (χ1n) is 10.2. The number of nitrogens with one attached hydrogen (secondary N) is 1. The molecule has 12 heteroatoms. The van der Waals surface area contributed by atoms with Crippen molar-refractivity contribution in [2.45, 2.75) is 11.4 Å². The van der Waals surface area contributed by atoms with Gasteiger partial charge in [-0.15, -0.1) is 11.3 Å². The molecule has 4 rings (SSSR count). The highest BCUT2D eigenvalue weighted by Gasteiger charge is 2.28. The van der Waals surface area contributed by atoms with Crippen LogP contribution in [0.1, 0.15) is 5.56 Å². The molecule has 0 aliphatic carbocycles. The van der Waals surface area contributed by atoms with Crippen LogP contribution in [0.3, 0.4) is 0 Å². The Morgan fingerprint density at radius 1 is 0.943 bits per heavy atom. The van der Waals surface area contributed by atoms with E-state index in [1.807, 2.05) is 35.1 Å². The summed E-state index contributed by atoms with van der Waals surface area (Å²) in [6.45, 7) is -0.0533. The van der Waals surface area contributed by atoms with Crippen molar-refractivity contribution >= 4 is 42.5 Å². The molecule has 9 nitrogen and oxygen atoms in total. The minimum atomic E-state index is -4.42. The number of nitrogens with zero attached hydrogens (tertiary/aromatic N) is 2. The quantitative estimate of drug-likeness (QED) is 0.306. The van der Waals surface area contributed by atoms with E-state index in [0.717, 1.165) is 5.56 Å². The molecule has 0 aliphatic rings. The monoisotopic (exact) mass is 531 g/mol. The molecule has 2 N–H and O–H groups in total. The van der Waals surface area contributed by atoms with Crippen molar-refractivity contribution in [3.8, 4) is 17.0 Å². The van der Waals surface area contributed by atoms with Crippen LogP contribution >= 0.6 is 11.3 Å². The van der Waals surface area contributed by atoms with E-state index in [1.54, 1.807) is 29.6 Å². The summed E-state index contributed by atoms with van der Waals surface area (Å²) in [5.74, 6) is 0.526. The fourth-order valence-corrected chi connectivity index (χ4v) is 6.14. The number of sulfonamides is 1. The lowest BCUT2D eigenvalue weighted by Crippen LogP contribution is -2.30. The van der Waals surface area contributed by atoms with Crippen LogP contribution in [0.15, 0.2) is 89.1 Å². The third kappa shape index (κ3) is 5.98. The minimum Gasteiger partial charge on any atom is -0.497 e. The van der Waals surface area contributed by atoms with Crippen LogP contribution in [0.4, 0.5) is 10.8 Å². The van der Waals surface area contributed by atoms with Crippen LogP contribution in [0.25, 0.3) is 11.3 Å². The summed E-state index contributed by atoms with van der Waals surface area (Å²) in [5.41, 5.74) is 2.23. The predicted molar refractivity (Wildman–Crippen MR) is 136 cm³/mol. The van der Waals surface area contributed by atoms with E-state index in [0.29, 0.717) is 17.0 Å². The molecule has 1 heterocycles. The third-order valence-electron chi connectivity index (χ3n) is 4.95. The van der Waals surface area contributed by atoms with Crippen molar-refractivity contribution in [1.82, 2.24) is 4.98 Å². The van der Waals surface area contributed by atoms with Crippen molar-refractivity contribution in [2.24, 2.45) is 0 Å². The van der Waals surface area contributed by atoms with E-state index in [9.17, 15) is 16.8 Å². The van der Waals surface area contributed by atoms with Crippen LogP contribution in [0, 0.1) is 0 Å². The zero-order valence-electron chi connectivity index (χ0n) is 18.4. The van der Waals surface area contributed by atoms with Crippen LogP contribution in [0.5, 0.6) is 5.75 Å². The van der Waals surface area contributed by atoms with Gasteiger partial charge in [-0.05, 0) is 42.0 Å². The molecular weight excluding hydrogens is 510 g/mol. The highest BCUT2D eigenvalue weighted by molar-refractivity contribution is 7.93. The van der Waals surface area contributed by atoms with E-state index in [4.69, 9.17) is 9.29 Å². The largest absolute Gasteiger partial charge is 0.497 e. The second kappa shape index (κ2) is 10.0. The van der Waals surface area contributed by atoms with Gasteiger partial charge in [0.15, 0.2) is 5.13 Å². The summed E-state index contributed by atoms with van der Waals surface area (Å²) in [4.78, 5) is 4.65. The SMILES string of the molecule is COc1ccc(S(=O)(=O)N(Cc2ccc(NS(=O)(=O)O)cc2)c2nc(-c3ccccc3)cs2)cc1. The molecule has 0 unspecified atom stereocenters. The van der Waals surface area contributed by atoms with Crippen LogP contribution in [-0.4, -0.2) is 33.5 Å². The second-order valence-electron chi connectivity index (χ2n) is 7.34. The van der Waals surface area contributed by atoms with Gasteiger partial charge in [-0.3, -0.25) is 9.27 Å². The number of thiazole rings is 1. The number of benzene rings is 3. The second-order valence-corrected chi connectivity index (χ2v) is 11.2. The average Bonchev–Trinajstić information content (AvgIpc) is 3.33. The molecule has 0 radical (unpaired) electrons. The number of aromatic nitrogens is 1. The molecule has 0 atom stereocenters. The number of hydrogen-bond donors (Lipinski definition) is 2. The van der Waals surface area contributed by atoms with Gasteiger partial charge in [0.05, 0.1) is 29.9 Å². The Morgan fingerprint density at radius 3 is 2.20 bits per heavy atom. The van der Waals surface area contributed by atoms with Gasteiger partial charge in [-0.2, -0.15) is 8.42 Å².